The van der Waals surface area contributed by atoms with Crippen molar-refractivity contribution in [2.45, 2.75) is 13.0 Å². The lowest BCUT2D eigenvalue weighted by molar-refractivity contribution is -0.125. The van der Waals surface area contributed by atoms with Gasteiger partial charge in [-0.05, 0) is 18.4 Å². The summed E-state index contributed by atoms with van der Waals surface area (Å²) in [6.45, 7) is 3.81. The van der Waals surface area contributed by atoms with Crippen LogP contribution in [0.3, 0.4) is 0 Å². The average molecular weight is 278 g/mol. The van der Waals surface area contributed by atoms with Crippen LogP contribution in [0.5, 0.6) is 0 Å². The molecule has 1 saturated heterocycles. The molecule has 0 spiro atoms. The fourth-order valence-electron chi connectivity index (χ4n) is 2.06. The Morgan fingerprint density at radius 2 is 2.47 bits per heavy atom. The molecule has 3 heterocycles. The number of nitrogens with zero attached hydrogens (tertiary/aromatic N) is 3. The first-order valence-electron chi connectivity index (χ1n) is 6.12. The summed E-state index contributed by atoms with van der Waals surface area (Å²) in [5.74, 6) is 1.20. The highest BCUT2D eigenvalue weighted by atomic mass is 32.1. The predicted octanol–water partition coefficient (Wildman–Crippen LogP) is 1.29. The van der Waals surface area contributed by atoms with Gasteiger partial charge in [0.15, 0.2) is 0 Å². The van der Waals surface area contributed by atoms with E-state index < -0.39 is 0 Å². The molecule has 100 valence electrons. The van der Waals surface area contributed by atoms with Gasteiger partial charge in [-0.15, -0.1) is 11.3 Å². The average Bonchev–Trinajstić information content (AvgIpc) is 3.08. The molecule has 0 bridgehead atoms. The third-order valence-corrected chi connectivity index (χ3v) is 4.02. The molecule has 1 aliphatic heterocycles. The number of aromatic nitrogens is 2. The maximum atomic E-state index is 11.4. The Balaban J connectivity index is 1.77. The number of carbonyl (C=O) groups is 1. The first-order chi connectivity index (χ1) is 9.24. The topological polar surface area (TPSA) is 71.3 Å². The van der Waals surface area contributed by atoms with Gasteiger partial charge >= 0.3 is 0 Å². The maximum Gasteiger partial charge on any atom is 0.244 e. The van der Waals surface area contributed by atoms with Gasteiger partial charge in [0.2, 0.25) is 17.6 Å². The summed E-state index contributed by atoms with van der Waals surface area (Å²) in [6.07, 6.45) is 0. The van der Waals surface area contributed by atoms with E-state index in [4.69, 9.17) is 4.52 Å². The van der Waals surface area contributed by atoms with Crippen molar-refractivity contribution in [3.8, 4) is 10.7 Å². The van der Waals surface area contributed by atoms with Crippen molar-refractivity contribution in [2.24, 2.45) is 0 Å². The van der Waals surface area contributed by atoms with Crippen LogP contribution >= 0.6 is 11.3 Å². The summed E-state index contributed by atoms with van der Waals surface area (Å²) in [7, 11) is 0. The lowest BCUT2D eigenvalue weighted by Gasteiger charge is -2.29. The smallest absolute Gasteiger partial charge is 0.244 e. The summed E-state index contributed by atoms with van der Waals surface area (Å²) in [4.78, 5) is 18.8. The van der Waals surface area contributed by atoms with E-state index in [1.807, 2.05) is 29.3 Å². The minimum Gasteiger partial charge on any atom is -0.354 e. The van der Waals surface area contributed by atoms with Gasteiger partial charge in [0.25, 0.3) is 0 Å². The van der Waals surface area contributed by atoms with Gasteiger partial charge in [-0.2, -0.15) is 4.98 Å². The minimum atomic E-state index is -0.0488. The summed E-state index contributed by atoms with van der Waals surface area (Å²) < 4.78 is 5.31. The number of carbonyl (C=O) groups excluding carboxylic acids is 1. The van der Waals surface area contributed by atoms with Crippen LogP contribution in [0.15, 0.2) is 22.0 Å². The second-order valence-corrected chi connectivity index (χ2v) is 5.38. The highest BCUT2D eigenvalue weighted by Crippen LogP contribution is 2.25. The highest BCUT2D eigenvalue weighted by Gasteiger charge is 2.26. The standard InChI is InChI=1S/C12H14N4O2S/c1-8(16-5-4-13-10(17)7-16)12-14-11(15-18-12)9-3-2-6-19-9/h2-3,6,8H,4-5,7H2,1H3,(H,13,17)/t8-/m0/s1. The van der Waals surface area contributed by atoms with Crippen LogP contribution in [-0.4, -0.2) is 40.6 Å². The molecule has 19 heavy (non-hydrogen) atoms. The molecule has 0 saturated carbocycles. The number of thiophene rings is 1. The highest BCUT2D eigenvalue weighted by molar-refractivity contribution is 7.13. The Labute approximate surface area is 114 Å². The summed E-state index contributed by atoms with van der Waals surface area (Å²) in [6, 6.07) is 3.86. The van der Waals surface area contributed by atoms with Crippen LogP contribution in [0.2, 0.25) is 0 Å². The van der Waals surface area contributed by atoms with E-state index in [0.717, 1.165) is 11.4 Å². The fourth-order valence-corrected chi connectivity index (χ4v) is 2.71. The molecule has 3 rings (SSSR count). The lowest BCUT2D eigenvalue weighted by Crippen LogP contribution is -2.48. The second-order valence-electron chi connectivity index (χ2n) is 4.43. The van der Waals surface area contributed by atoms with Crippen LogP contribution in [0.25, 0.3) is 10.7 Å². The summed E-state index contributed by atoms with van der Waals surface area (Å²) in [5.41, 5.74) is 0. The van der Waals surface area contributed by atoms with Gasteiger partial charge in [0.1, 0.15) is 0 Å². The third-order valence-electron chi connectivity index (χ3n) is 3.16. The molecule has 0 aromatic carbocycles. The number of rotatable bonds is 3. The zero-order valence-corrected chi connectivity index (χ0v) is 11.3. The van der Waals surface area contributed by atoms with E-state index in [-0.39, 0.29) is 11.9 Å². The third kappa shape index (κ3) is 2.52. The van der Waals surface area contributed by atoms with Crippen molar-refractivity contribution in [1.82, 2.24) is 20.4 Å². The van der Waals surface area contributed by atoms with Crippen molar-refractivity contribution in [1.29, 1.82) is 0 Å². The van der Waals surface area contributed by atoms with Gasteiger partial charge < -0.3 is 9.84 Å². The van der Waals surface area contributed by atoms with Gasteiger partial charge in [-0.1, -0.05) is 11.2 Å². The van der Waals surface area contributed by atoms with Gasteiger partial charge in [0, 0.05) is 13.1 Å². The fraction of sp³-hybridized carbons (Fsp3) is 0.417. The van der Waals surface area contributed by atoms with Gasteiger partial charge in [-0.3, -0.25) is 9.69 Å². The zero-order chi connectivity index (χ0) is 13.2. The van der Waals surface area contributed by atoms with Crippen molar-refractivity contribution in [2.75, 3.05) is 19.6 Å². The summed E-state index contributed by atoms with van der Waals surface area (Å²) in [5, 5.41) is 8.77. The van der Waals surface area contributed by atoms with Crippen molar-refractivity contribution in [3.63, 3.8) is 0 Å². The molecule has 1 fully saturated rings. The van der Waals surface area contributed by atoms with Crippen molar-refractivity contribution >= 4 is 17.2 Å². The lowest BCUT2D eigenvalue weighted by atomic mass is 10.2. The first kappa shape index (κ1) is 12.3. The van der Waals surface area contributed by atoms with Gasteiger partial charge in [0.05, 0.1) is 17.5 Å². The zero-order valence-electron chi connectivity index (χ0n) is 10.5. The molecule has 1 amide bonds. The molecule has 7 heteroatoms. The van der Waals surface area contributed by atoms with E-state index in [9.17, 15) is 4.79 Å². The molecule has 2 aromatic heterocycles. The van der Waals surface area contributed by atoms with E-state index in [1.165, 1.54) is 0 Å². The largest absolute Gasteiger partial charge is 0.354 e. The number of amides is 1. The number of hydrogen-bond donors (Lipinski definition) is 1. The molecule has 0 radical (unpaired) electrons. The normalized spacial score (nSPS) is 18.3. The Hall–Kier alpha value is -1.73. The Morgan fingerprint density at radius 1 is 1.58 bits per heavy atom. The number of hydrogen-bond acceptors (Lipinski definition) is 6. The molecular weight excluding hydrogens is 264 g/mol. The Bertz CT molecular complexity index is 566. The molecule has 1 aliphatic rings. The molecule has 1 N–H and O–H groups in total. The van der Waals surface area contributed by atoms with Gasteiger partial charge in [-0.25, -0.2) is 0 Å². The monoisotopic (exact) mass is 278 g/mol. The maximum absolute atomic E-state index is 11.4. The Kier molecular flexibility index (Phi) is 3.31. The van der Waals surface area contributed by atoms with Crippen molar-refractivity contribution < 1.29 is 9.32 Å². The van der Waals surface area contributed by atoms with E-state index in [0.29, 0.717) is 24.8 Å². The molecule has 1 atom stereocenters. The van der Waals surface area contributed by atoms with Crippen molar-refractivity contribution in [3.05, 3.63) is 23.4 Å². The minimum absolute atomic E-state index is 0.0381. The number of nitrogens with one attached hydrogen (secondary N) is 1. The first-order valence-corrected chi connectivity index (χ1v) is 7.00. The summed E-state index contributed by atoms with van der Waals surface area (Å²) >= 11 is 1.57. The van der Waals surface area contributed by atoms with Crippen LogP contribution in [-0.2, 0) is 4.79 Å². The quantitative estimate of drug-likeness (QED) is 0.916. The van der Waals surface area contributed by atoms with Crippen LogP contribution in [0.4, 0.5) is 0 Å². The molecule has 0 aliphatic carbocycles. The van der Waals surface area contributed by atoms with Crippen LogP contribution in [0, 0.1) is 0 Å². The molecule has 0 unspecified atom stereocenters. The Morgan fingerprint density at radius 3 is 3.21 bits per heavy atom. The predicted molar refractivity (Wildman–Crippen MR) is 70.6 cm³/mol. The van der Waals surface area contributed by atoms with E-state index >= 15 is 0 Å². The molecule has 2 aromatic rings. The van der Waals surface area contributed by atoms with Crippen LogP contribution in [0.1, 0.15) is 18.9 Å². The van der Waals surface area contributed by atoms with Crippen LogP contribution < -0.4 is 5.32 Å². The number of piperazine rings is 1. The SMILES string of the molecule is C[C@@H](c1nc(-c2cccs2)no1)N1CCNC(=O)C1. The van der Waals surface area contributed by atoms with E-state index in [2.05, 4.69) is 15.5 Å². The molecular formula is C12H14N4O2S. The second kappa shape index (κ2) is 5.10. The molecule has 6 nitrogen and oxygen atoms in total. The van der Waals surface area contributed by atoms with E-state index in [1.54, 1.807) is 11.3 Å².